The van der Waals surface area contributed by atoms with Crippen molar-refractivity contribution in [2.75, 3.05) is 0 Å². The van der Waals surface area contributed by atoms with Gasteiger partial charge in [-0.1, -0.05) is 159 Å². The first kappa shape index (κ1) is 39.0. The van der Waals surface area contributed by atoms with Gasteiger partial charge in [-0.3, -0.25) is 9.55 Å². The molecule has 0 saturated heterocycles. The van der Waals surface area contributed by atoms with E-state index >= 15 is 0 Å². The van der Waals surface area contributed by atoms with E-state index in [4.69, 9.17) is 9.97 Å². The minimum Gasteiger partial charge on any atom is -0.507 e. The van der Waals surface area contributed by atoms with Crippen LogP contribution in [0.2, 0.25) is 0 Å². The summed E-state index contributed by atoms with van der Waals surface area (Å²) in [6, 6.07) is 52.1. The molecule has 0 fully saturated rings. The van der Waals surface area contributed by atoms with E-state index in [1.54, 1.807) is 0 Å². The lowest BCUT2D eigenvalue weighted by molar-refractivity contribution is 0.446. The van der Waals surface area contributed by atoms with E-state index < -0.39 is 0 Å². The number of imidazole rings is 1. The van der Waals surface area contributed by atoms with Gasteiger partial charge in [-0.25, -0.2) is 4.98 Å². The Morgan fingerprint density at radius 2 is 1.15 bits per heavy atom. The van der Waals surface area contributed by atoms with Crippen molar-refractivity contribution in [1.82, 2.24) is 14.5 Å². The number of nitrogens with zero attached hydrogens (tertiary/aromatic N) is 3. The van der Waals surface area contributed by atoms with Gasteiger partial charge in [-0.15, -0.1) is 0 Å². The molecule has 0 radical (unpaired) electrons. The van der Waals surface area contributed by atoms with Gasteiger partial charge >= 0.3 is 0 Å². The maximum absolute atomic E-state index is 12.4. The highest BCUT2D eigenvalue weighted by molar-refractivity contribution is 6.08. The van der Waals surface area contributed by atoms with E-state index in [2.05, 4.69) is 206 Å². The Morgan fingerprint density at radius 1 is 0.483 bits per heavy atom. The van der Waals surface area contributed by atoms with Gasteiger partial charge in [0, 0.05) is 28.6 Å². The maximum atomic E-state index is 12.4. The third-order valence-electron chi connectivity index (χ3n) is 12.0. The highest BCUT2D eigenvalue weighted by Gasteiger charge is 2.29. The zero-order valence-electron chi connectivity index (χ0n) is 36.2. The first-order valence-corrected chi connectivity index (χ1v) is 21.0. The molecule has 0 bridgehead atoms. The predicted molar refractivity (Wildman–Crippen MR) is 253 cm³/mol. The average molecular weight is 784 g/mol. The molecule has 60 heavy (non-hydrogen) atoms. The van der Waals surface area contributed by atoms with Crippen molar-refractivity contribution in [3.8, 4) is 56.3 Å². The molecule has 298 valence electrons. The Bertz CT molecular complexity index is 3100. The molecule has 7 aromatic carbocycles. The fourth-order valence-corrected chi connectivity index (χ4v) is 8.48. The minimum atomic E-state index is -0.306. The van der Waals surface area contributed by atoms with Gasteiger partial charge in [-0.05, 0) is 114 Å². The topological polar surface area (TPSA) is 50.9 Å². The van der Waals surface area contributed by atoms with Crippen LogP contribution in [-0.4, -0.2) is 19.6 Å². The van der Waals surface area contributed by atoms with E-state index in [1.165, 1.54) is 27.1 Å². The number of aromatic nitrogens is 3. The molecular weight excluding hydrogens is 731 g/mol. The molecule has 4 nitrogen and oxygen atoms in total. The van der Waals surface area contributed by atoms with Gasteiger partial charge in [0.25, 0.3) is 0 Å². The van der Waals surface area contributed by atoms with E-state index in [0.717, 1.165) is 66.9 Å². The van der Waals surface area contributed by atoms with Crippen LogP contribution in [0.4, 0.5) is 0 Å². The molecular formula is C56H53N3O. The van der Waals surface area contributed by atoms with E-state index in [9.17, 15) is 5.11 Å². The second kappa shape index (κ2) is 14.3. The summed E-state index contributed by atoms with van der Waals surface area (Å²) < 4.78 is 2.26. The molecule has 9 rings (SSSR count). The Kier molecular flexibility index (Phi) is 9.31. The van der Waals surface area contributed by atoms with Gasteiger partial charge in [0.1, 0.15) is 11.6 Å². The smallest absolute Gasteiger partial charge is 0.149 e. The molecule has 4 heteroatoms. The molecule has 0 aliphatic heterocycles. The molecule has 0 amide bonds. The number of phenolic OH excluding ortho intramolecular Hbond substituents is 1. The summed E-state index contributed by atoms with van der Waals surface area (Å²) in [5.74, 6) is 0.969. The summed E-state index contributed by atoms with van der Waals surface area (Å²) in [6.45, 7) is 20.0. The standard InChI is InChI=1S/C56H53N3O/c1-54(2,3)41-29-39(28-40(30-41)49-31-38(26-27-57-49)35-16-11-10-12-17-35)45-20-15-21-50-51(45)58-53(47-32-42(55(4,5)6)33-48(52(47)60)56(7,8)9)59(50)43-25-24-37-23-22-36-18-13-14-19-44(36)46(37)34-43/h10-34,60H,1-9H3. The molecule has 2 heterocycles. The number of pyridine rings is 1. The molecule has 9 aromatic rings. The largest absolute Gasteiger partial charge is 0.507 e. The summed E-state index contributed by atoms with van der Waals surface area (Å²) in [5.41, 5.74) is 12.6. The van der Waals surface area contributed by atoms with Crippen molar-refractivity contribution < 1.29 is 5.11 Å². The molecule has 1 N–H and O–H groups in total. The second-order valence-electron chi connectivity index (χ2n) is 19.4. The number of hydrogen-bond acceptors (Lipinski definition) is 3. The highest BCUT2D eigenvalue weighted by Crippen LogP contribution is 2.45. The number of benzene rings is 7. The van der Waals surface area contributed by atoms with Crippen LogP contribution >= 0.6 is 0 Å². The number of para-hydroxylation sites is 1. The first-order valence-electron chi connectivity index (χ1n) is 21.0. The molecule has 0 aliphatic carbocycles. The Balaban J connectivity index is 1.34. The number of phenols is 1. The number of fused-ring (bicyclic) bond motifs is 4. The second-order valence-corrected chi connectivity index (χ2v) is 19.4. The van der Waals surface area contributed by atoms with Crippen molar-refractivity contribution in [2.45, 2.75) is 78.6 Å². The molecule has 2 aromatic heterocycles. The summed E-state index contributed by atoms with van der Waals surface area (Å²) >= 11 is 0. The van der Waals surface area contributed by atoms with Crippen LogP contribution < -0.4 is 0 Å². The number of rotatable bonds is 5. The van der Waals surface area contributed by atoms with Crippen LogP contribution in [0, 0.1) is 0 Å². The van der Waals surface area contributed by atoms with Crippen molar-refractivity contribution >= 4 is 32.6 Å². The monoisotopic (exact) mass is 783 g/mol. The van der Waals surface area contributed by atoms with E-state index in [0.29, 0.717) is 5.82 Å². The summed E-state index contributed by atoms with van der Waals surface area (Å²) in [6.07, 6.45) is 1.91. The molecule has 0 aliphatic rings. The Labute approximate surface area is 354 Å². The summed E-state index contributed by atoms with van der Waals surface area (Å²) in [4.78, 5) is 10.5. The van der Waals surface area contributed by atoms with Crippen molar-refractivity contribution in [2.24, 2.45) is 0 Å². The Morgan fingerprint density at radius 3 is 1.88 bits per heavy atom. The van der Waals surface area contributed by atoms with Crippen molar-refractivity contribution in [3.63, 3.8) is 0 Å². The normalized spacial score (nSPS) is 12.5. The van der Waals surface area contributed by atoms with Gasteiger partial charge < -0.3 is 5.11 Å². The van der Waals surface area contributed by atoms with Crippen LogP contribution in [0.3, 0.4) is 0 Å². The quantitative estimate of drug-likeness (QED) is 0.177. The lowest BCUT2D eigenvalue weighted by Crippen LogP contribution is -2.17. The predicted octanol–water partition coefficient (Wildman–Crippen LogP) is 15.0. The van der Waals surface area contributed by atoms with Gasteiger partial charge in [0.15, 0.2) is 0 Å². The van der Waals surface area contributed by atoms with Gasteiger partial charge in [-0.2, -0.15) is 0 Å². The lowest BCUT2D eigenvalue weighted by atomic mass is 9.79. The Hall–Kier alpha value is -6.52. The van der Waals surface area contributed by atoms with E-state index in [-0.39, 0.29) is 22.0 Å². The van der Waals surface area contributed by atoms with Gasteiger partial charge in [0.2, 0.25) is 0 Å². The fourth-order valence-electron chi connectivity index (χ4n) is 8.48. The van der Waals surface area contributed by atoms with Crippen molar-refractivity contribution in [1.29, 1.82) is 0 Å². The van der Waals surface area contributed by atoms with Crippen molar-refractivity contribution in [3.05, 3.63) is 168 Å². The maximum Gasteiger partial charge on any atom is 0.149 e. The fraction of sp³-hybridized carbons (Fsp3) is 0.214. The minimum absolute atomic E-state index is 0.128. The van der Waals surface area contributed by atoms with Gasteiger partial charge in [0.05, 0.1) is 22.3 Å². The van der Waals surface area contributed by atoms with Crippen LogP contribution in [0.25, 0.3) is 83.2 Å². The molecule has 0 spiro atoms. The average Bonchev–Trinajstić information content (AvgIpc) is 3.62. The molecule has 0 unspecified atom stereocenters. The highest BCUT2D eigenvalue weighted by atomic mass is 16.3. The molecule has 0 atom stereocenters. The van der Waals surface area contributed by atoms with Crippen LogP contribution in [0.1, 0.15) is 79.0 Å². The van der Waals surface area contributed by atoms with E-state index in [1.807, 2.05) is 12.3 Å². The first-order chi connectivity index (χ1) is 28.5. The third-order valence-corrected chi connectivity index (χ3v) is 12.0. The molecule has 0 saturated carbocycles. The summed E-state index contributed by atoms with van der Waals surface area (Å²) in [5, 5.41) is 17.1. The van der Waals surface area contributed by atoms with Crippen LogP contribution in [0.15, 0.2) is 152 Å². The lowest BCUT2D eigenvalue weighted by Gasteiger charge is -2.27. The number of hydrogen-bond donors (Lipinski definition) is 1. The van der Waals surface area contributed by atoms with Crippen LogP contribution in [0.5, 0.6) is 5.75 Å². The summed E-state index contributed by atoms with van der Waals surface area (Å²) in [7, 11) is 0. The SMILES string of the molecule is CC(C)(C)c1cc(-c2cc(-c3ccccc3)ccn2)cc(-c2cccc3c2nc(-c2cc(C(C)(C)C)cc(C(C)(C)C)c2O)n3-c2ccc3ccc4ccccc4c3c2)c1. The third kappa shape index (κ3) is 7.04. The zero-order chi connectivity index (χ0) is 42.1. The zero-order valence-corrected chi connectivity index (χ0v) is 36.2. The van der Waals surface area contributed by atoms with Crippen LogP contribution in [-0.2, 0) is 16.2 Å². The number of aromatic hydroxyl groups is 1.